The van der Waals surface area contributed by atoms with Gasteiger partial charge in [0.1, 0.15) is 5.75 Å². The molecule has 0 aliphatic heterocycles. The highest BCUT2D eigenvalue weighted by molar-refractivity contribution is 6.06. The van der Waals surface area contributed by atoms with Gasteiger partial charge in [0.25, 0.3) is 5.91 Å². The van der Waals surface area contributed by atoms with Gasteiger partial charge in [-0.15, -0.1) is 0 Å². The number of ether oxygens (including phenoxy) is 2. The van der Waals surface area contributed by atoms with Crippen LogP contribution in [0.3, 0.4) is 0 Å². The summed E-state index contributed by atoms with van der Waals surface area (Å²) >= 11 is 0. The maximum absolute atomic E-state index is 12.8. The van der Waals surface area contributed by atoms with E-state index < -0.39 is 5.97 Å². The highest BCUT2D eigenvalue weighted by atomic mass is 16.5. The van der Waals surface area contributed by atoms with Crippen molar-refractivity contribution in [1.82, 2.24) is 9.78 Å². The molecule has 0 unspecified atom stereocenters. The molecule has 3 aromatic carbocycles. The first-order valence-corrected chi connectivity index (χ1v) is 11.9. The van der Waals surface area contributed by atoms with Crippen LogP contribution in [0.5, 0.6) is 11.6 Å². The van der Waals surface area contributed by atoms with Gasteiger partial charge in [-0.1, -0.05) is 36.4 Å². The zero-order valence-corrected chi connectivity index (χ0v) is 20.4. The quantitative estimate of drug-likeness (QED) is 0.332. The molecular weight excluding hydrogens is 454 g/mol. The first kappa shape index (κ1) is 23.4. The number of methoxy groups -OCH3 is 1. The predicted octanol–water partition coefficient (Wildman–Crippen LogP) is 5.91. The van der Waals surface area contributed by atoms with E-state index >= 15 is 0 Å². The number of hydrogen-bond acceptors (Lipinski definition) is 5. The van der Waals surface area contributed by atoms with E-state index in [2.05, 4.69) is 5.32 Å². The fraction of sp³-hybridized carbons (Fsp3) is 0.207. The lowest BCUT2D eigenvalue weighted by Crippen LogP contribution is -2.13. The molecule has 1 N–H and O–H groups in total. The molecule has 7 heteroatoms. The van der Waals surface area contributed by atoms with E-state index in [4.69, 9.17) is 14.6 Å². The van der Waals surface area contributed by atoms with Crippen molar-refractivity contribution >= 4 is 17.6 Å². The van der Waals surface area contributed by atoms with Crippen LogP contribution in [0.1, 0.15) is 47.3 Å². The number of carbonyl (C=O) groups is 2. The minimum Gasteiger partial charge on any atom is -0.496 e. The molecule has 1 aromatic heterocycles. The molecule has 7 nitrogen and oxygen atoms in total. The van der Waals surface area contributed by atoms with Gasteiger partial charge in [0.2, 0.25) is 5.88 Å². The first-order chi connectivity index (χ1) is 17.4. The van der Waals surface area contributed by atoms with Crippen molar-refractivity contribution in [2.75, 3.05) is 12.4 Å². The molecule has 182 valence electrons. The number of rotatable bonds is 7. The minimum atomic E-state index is -0.409. The monoisotopic (exact) mass is 481 g/mol. The molecule has 0 spiro atoms. The smallest absolute Gasteiger partial charge is 0.309 e. The van der Waals surface area contributed by atoms with E-state index in [9.17, 15) is 9.59 Å². The number of amides is 1. The second-order valence-corrected chi connectivity index (χ2v) is 8.92. The van der Waals surface area contributed by atoms with E-state index in [1.807, 2.05) is 61.5 Å². The topological polar surface area (TPSA) is 82.4 Å². The summed E-state index contributed by atoms with van der Waals surface area (Å²) in [7, 11) is 1.54. The number of nitrogens with one attached hydrogen (secondary N) is 1. The van der Waals surface area contributed by atoms with E-state index in [0.717, 1.165) is 40.9 Å². The molecule has 1 aliphatic carbocycles. The molecule has 1 saturated carbocycles. The van der Waals surface area contributed by atoms with Crippen LogP contribution in [0.2, 0.25) is 0 Å². The van der Waals surface area contributed by atoms with Crippen LogP contribution >= 0.6 is 0 Å². The average molecular weight is 482 g/mol. The Morgan fingerprint density at radius 3 is 2.42 bits per heavy atom. The van der Waals surface area contributed by atoms with Crippen LogP contribution in [0, 0.1) is 6.92 Å². The molecule has 0 saturated heterocycles. The molecule has 0 radical (unpaired) electrons. The van der Waals surface area contributed by atoms with Crippen LogP contribution in [0.25, 0.3) is 16.8 Å². The van der Waals surface area contributed by atoms with Gasteiger partial charge in [-0.25, -0.2) is 0 Å². The average Bonchev–Trinajstić information content (AvgIpc) is 3.66. The Morgan fingerprint density at radius 1 is 1.00 bits per heavy atom. The molecule has 36 heavy (non-hydrogen) atoms. The zero-order chi connectivity index (χ0) is 25.2. The van der Waals surface area contributed by atoms with Crippen LogP contribution < -0.4 is 14.8 Å². The summed E-state index contributed by atoms with van der Waals surface area (Å²) in [6, 6.07) is 22.5. The van der Waals surface area contributed by atoms with E-state index in [1.165, 1.54) is 14.0 Å². The third-order valence-electron chi connectivity index (χ3n) is 6.10. The lowest BCUT2D eigenvalue weighted by Gasteiger charge is -2.11. The van der Waals surface area contributed by atoms with Crippen LogP contribution in [-0.2, 0) is 4.79 Å². The molecule has 4 aromatic rings. The summed E-state index contributed by atoms with van der Waals surface area (Å²) in [4.78, 5) is 24.9. The molecule has 1 aliphatic rings. The summed E-state index contributed by atoms with van der Waals surface area (Å²) in [6.07, 6.45) is 2.09. The standard InChI is InChI=1S/C29H27N3O4/c1-18-7-6-8-23(17-18)32-29(36-19(2)33)26(27(31-32)21-11-12-21)20-13-15-22(16-14-20)30-28(34)24-9-4-5-10-25(24)35-3/h4-10,13-17,21H,11-12H2,1-3H3,(H,30,34). The van der Waals surface area contributed by atoms with Crippen LogP contribution in [-0.4, -0.2) is 28.8 Å². The van der Waals surface area contributed by atoms with Gasteiger partial charge in [0, 0.05) is 18.5 Å². The Bertz CT molecular complexity index is 1440. The molecule has 1 fully saturated rings. The Labute approximate surface area is 209 Å². The van der Waals surface area contributed by atoms with Crippen molar-refractivity contribution < 1.29 is 19.1 Å². The van der Waals surface area contributed by atoms with Gasteiger partial charge in [0.05, 0.1) is 29.6 Å². The van der Waals surface area contributed by atoms with Gasteiger partial charge < -0.3 is 14.8 Å². The van der Waals surface area contributed by atoms with Crippen LogP contribution in [0.15, 0.2) is 72.8 Å². The Kier molecular flexibility index (Phi) is 6.29. The highest BCUT2D eigenvalue weighted by Gasteiger charge is 2.34. The fourth-order valence-corrected chi connectivity index (χ4v) is 4.25. The second kappa shape index (κ2) is 9.70. The first-order valence-electron chi connectivity index (χ1n) is 11.9. The fourth-order valence-electron chi connectivity index (χ4n) is 4.25. The highest BCUT2D eigenvalue weighted by Crippen LogP contribution is 2.48. The molecule has 1 amide bonds. The van der Waals surface area contributed by atoms with Gasteiger partial charge >= 0.3 is 5.97 Å². The number of benzene rings is 3. The van der Waals surface area contributed by atoms with Gasteiger partial charge in [0.15, 0.2) is 0 Å². The SMILES string of the molecule is COc1ccccc1C(=O)Nc1ccc(-c2c(C3CC3)nn(-c3cccc(C)c3)c2OC(C)=O)cc1. The van der Waals surface area contributed by atoms with Gasteiger partial charge in [-0.2, -0.15) is 9.78 Å². The number of carbonyl (C=O) groups excluding carboxylic acids is 2. The van der Waals surface area contributed by atoms with Gasteiger partial charge in [-0.05, 0) is 67.3 Å². The summed E-state index contributed by atoms with van der Waals surface area (Å²) in [5.41, 5.74) is 5.60. The third kappa shape index (κ3) is 4.73. The predicted molar refractivity (Wildman–Crippen MR) is 138 cm³/mol. The van der Waals surface area contributed by atoms with Crippen molar-refractivity contribution in [2.45, 2.75) is 32.6 Å². The number of hydrogen-bond donors (Lipinski definition) is 1. The number of para-hydroxylation sites is 1. The molecule has 1 heterocycles. The summed E-state index contributed by atoms with van der Waals surface area (Å²) < 4.78 is 12.8. The number of nitrogens with zero attached hydrogens (tertiary/aromatic N) is 2. The summed E-state index contributed by atoms with van der Waals surface area (Å²) in [5.74, 6) is 0.571. The lowest BCUT2D eigenvalue weighted by molar-refractivity contribution is -0.132. The normalized spacial score (nSPS) is 12.8. The molecular formula is C29H27N3O4. The van der Waals surface area contributed by atoms with Crippen molar-refractivity contribution in [3.63, 3.8) is 0 Å². The van der Waals surface area contributed by atoms with E-state index in [0.29, 0.717) is 28.8 Å². The van der Waals surface area contributed by atoms with Crippen molar-refractivity contribution in [2.24, 2.45) is 0 Å². The third-order valence-corrected chi connectivity index (χ3v) is 6.10. The van der Waals surface area contributed by atoms with Crippen molar-refractivity contribution in [3.8, 4) is 28.4 Å². The van der Waals surface area contributed by atoms with E-state index in [-0.39, 0.29) is 5.91 Å². The van der Waals surface area contributed by atoms with Crippen molar-refractivity contribution in [3.05, 3.63) is 89.6 Å². The number of anilines is 1. The minimum absolute atomic E-state index is 0.258. The Hall–Kier alpha value is -4.39. The summed E-state index contributed by atoms with van der Waals surface area (Å²) in [5, 5.41) is 7.82. The van der Waals surface area contributed by atoms with E-state index in [1.54, 1.807) is 22.9 Å². The number of esters is 1. The number of aromatic nitrogens is 2. The molecule has 0 bridgehead atoms. The zero-order valence-electron chi connectivity index (χ0n) is 20.4. The lowest BCUT2D eigenvalue weighted by atomic mass is 10.0. The van der Waals surface area contributed by atoms with Crippen molar-refractivity contribution in [1.29, 1.82) is 0 Å². The second-order valence-electron chi connectivity index (χ2n) is 8.92. The Morgan fingerprint density at radius 2 is 1.75 bits per heavy atom. The largest absolute Gasteiger partial charge is 0.496 e. The van der Waals surface area contributed by atoms with Crippen LogP contribution in [0.4, 0.5) is 5.69 Å². The molecule has 0 atom stereocenters. The number of aryl methyl sites for hydroxylation is 1. The Balaban J connectivity index is 1.52. The summed E-state index contributed by atoms with van der Waals surface area (Å²) in [6.45, 7) is 3.41. The maximum atomic E-state index is 12.8. The van der Waals surface area contributed by atoms with Gasteiger partial charge in [-0.3, -0.25) is 9.59 Å². The molecule has 5 rings (SSSR count). The maximum Gasteiger partial charge on any atom is 0.309 e.